The van der Waals surface area contributed by atoms with Gasteiger partial charge in [-0.1, -0.05) is 67.7 Å². The zero-order chi connectivity index (χ0) is 23.5. The molecule has 0 aliphatic rings. The molecule has 5 aromatic carbocycles. The average Bonchev–Trinajstić information content (AvgIpc) is 3.27. The molecule has 0 aliphatic carbocycles. The van der Waals surface area contributed by atoms with Crippen LogP contribution in [0.3, 0.4) is 0 Å². The maximum absolute atomic E-state index is 7.55. The topological polar surface area (TPSA) is 39.4 Å². The van der Waals surface area contributed by atoms with E-state index in [4.69, 9.17) is 13.1 Å². The molecule has 35 heavy (non-hydrogen) atoms. The highest BCUT2D eigenvalue weighted by molar-refractivity contribution is 6.34. The largest absolute Gasteiger partial charge is 0.370 e. The van der Waals surface area contributed by atoms with Crippen LogP contribution in [0, 0.1) is 13.1 Å². The Bertz CT molecular complexity index is 2070. The fraction of sp³-hybridized carbons (Fsp3) is 0. The predicted molar refractivity (Wildman–Crippen MR) is 141 cm³/mol. The first kappa shape index (κ1) is 19.2. The van der Waals surface area contributed by atoms with Gasteiger partial charge >= 0.3 is 0 Å². The zero-order valence-electron chi connectivity index (χ0n) is 18.4. The molecule has 0 atom stereocenters. The quantitative estimate of drug-likeness (QED) is 0.189. The van der Waals surface area contributed by atoms with Crippen LogP contribution in [-0.2, 0) is 0 Å². The molecule has 7 aromatic rings. The molecule has 2 heterocycles. The molecule has 0 unspecified atom stereocenters. The molecule has 0 amide bonds. The lowest BCUT2D eigenvalue weighted by molar-refractivity contribution is 1.18. The molecule has 7 rings (SSSR count). The smallest absolute Gasteiger partial charge is 0.294 e. The Morgan fingerprint density at radius 1 is 0.514 bits per heavy atom. The van der Waals surface area contributed by atoms with E-state index in [9.17, 15) is 0 Å². The van der Waals surface area contributed by atoms with Crippen molar-refractivity contribution < 1.29 is 0 Å². The van der Waals surface area contributed by atoms with Crippen molar-refractivity contribution in [3.05, 3.63) is 114 Å². The summed E-state index contributed by atoms with van der Waals surface area (Å²) in [4.78, 5) is 16.2. The van der Waals surface area contributed by atoms with Gasteiger partial charge in [0.05, 0.1) is 11.0 Å². The third-order valence-electron chi connectivity index (χ3n) is 6.63. The lowest BCUT2D eigenvalue weighted by Gasteiger charge is -2.10. The van der Waals surface area contributed by atoms with Gasteiger partial charge in [0, 0.05) is 32.6 Å². The summed E-state index contributed by atoms with van der Waals surface area (Å²) >= 11 is 0. The third-order valence-corrected chi connectivity index (χ3v) is 6.63. The van der Waals surface area contributed by atoms with Crippen molar-refractivity contribution >= 4 is 66.0 Å². The lowest BCUT2D eigenvalue weighted by atomic mass is 9.95. The number of hydrogen-bond donors (Lipinski definition) is 0. The van der Waals surface area contributed by atoms with Gasteiger partial charge in [0.2, 0.25) is 11.0 Å². The molecule has 160 valence electrons. The van der Waals surface area contributed by atoms with E-state index >= 15 is 0 Å². The second-order valence-corrected chi connectivity index (χ2v) is 8.41. The normalized spacial score (nSPS) is 11.4. The van der Waals surface area contributed by atoms with E-state index in [0.717, 1.165) is 49.0 Å². The Morgan fingerprint density at radius 3 is 1.83 bits per heavy atom. The van der Waals surface area contributed by atoms with Crippen LogP contribution in [-0.4, -0.2) is 14.5 Å². The van der Waals surface area contributed by atoms with Crippen LogP contribution < -0.4 is 0 Å². The molecule has 2 aromatic heterocycles. The van der Waals surface area contributed by atoms with Gasteiger partial charge in [-0.25, -0.2) is 0 Å². The fourth-order valence-corrected chi connectivity index (χ4v) is 5.24. The minimum Gasteiger partial charge on any atom is -0.370 e. The van der Waals surface area contributed by atoms with Crippen molar-refractivity contribution in [1.29, 1.82) is 0 Å². The van der Waals surface area contributed by atoms with Crippen LogP contribution in [0.4, 0.5) is 11.6 Å². The molecule has 0 radical (unpaired) electrons. The van der Waals surface area contributed by atoms with Crippen molar-refractivity contribution in [3.63, 3.8) is 0 Å². The Labute approximate surface area is 200 Å². The molecule has 5 heteroatoms. The van der Waals surface area contributed by atoms with Crippen molar-refractivity contribution in [3.8, 4) is 5.69 Å². The maximum atomic E-state index is 7.55. The van der Waals surface area contributed by atoms with Crippen molar-refractivity contribution in [2.45, 2.75) is 0 Å². The first-order valence-corrected chi connectivity index (χ1v) is 11.2. The first-order chi connectivity index (χ1) is 17.3. The highest BCUT2D eigenvalue weighted by Crippen LogP contribution is 2.43. The highest BCUT2D eigenvalue weighted by atomic mass is 15.0. The van der Waals surface area contributed by atoms with Gasteiger partial charge in [-0.15, -0.1) is 9.97 Å². The summed E-state index contributed by atoms with van der Waals surface area (Å²) in [6, 6.07) is 31.1. The van der Waals surface area contributed by atoms with Crippen LogP contribution in [0.15, 0.2) is 91.0 Å². The fourth-order valence-electron chi connectivity index (χ4n) is 5.24. The Hall–Kier alpha value is -5.26. The first-order valence-electron chi connectivity index (χ1n) is 11.2. The van der Waals surface area contributed by atoms with Gasteiger partial charge in [0.25, 0.3) is 11.6 Å². The molecular formula is C30H15N5. The summed E-state index contributed by atoms with van der Waals surface area (Å²) in [5.74, 6) is 0.0784. The van der Waals surface area contributed by atoms with E-state index < -0.39 is 0 Å². The van der Waals surface area contributed by atoms with E-state index in [-0.39, 0.29) is 11.6 Å². The van der Waals surface area contributed by atoms with E-state index in [2.05, 4.69) is 91.0 Å². The number of hydrogen-bond acceptors (Lipinski definition) is 2. The summed E-state index contributed by atoms with van der Waals surface area (Å²) in [5.41, 5.74) is 4.63. The van der Waals surface area contributed by atoms with Gasteiger partial charge in [0.15, 0.2) is 0 Å². The molecule has 0 N–H and O–H groups in total. The number of benzene rings is 5. The highest BCUT2D eigenvalue weighted by Gasteiger charge is 2.23. The molecule has 5 nitrogen and oxygen atoms in total. The summed E-state index contributed by atoms with van der Waals surface area (Å²) in [6.45, 7) is 15.0. The number of fused-ring (bicyclic) bond motifs is 10. The Balaban J connectivity index is 1.80. The molecule has 0 spiro atoms. The van der Waals surface area contributed by atoms with E-state index in [1.54, 1.807) is 0 Å². The summed E-state index contributed by atoms with van der Waals surface area (Å²) in [6.07, 6.45) is 0. The van der Waals surface area contributed by atoms with Crippen molar-refractivity contribution in [2.24, 2.45) is 0 Å². The van der Waals surface area contributed by atoms with Crippen molar-refractivity contribution in [2.75, 3.05) is 0 Å². The van der Waals surface area contributed by atoms with E-state index in [1.807, 2.05) is 24.3 Å². The van der Waals surface area contributed by atoms with Crippen LogP contribution >= 0.6 is 0 Å². The van der Waals surface area contributed by atoms with Gasteiger partial charge in [-0.3, -0.25) is 0 Å². The maximum Gasteiger partial charge on any atom is 0.294 e. The molecule has 0 saturated carbocycles. The number of para-hydroxylation sites is 2. The lowest BCUT2D eigenvalue weighted by Crippen LogP contribution is -1.93. The summed E-state index contributed by atoms with van der Waals surface area (Å²) < 4.78 is 2.29. The minimum atomic E-state index is 0.0379. The van der Waals surface area contributed by atoms with Gasteiger partial charge in [-0.05, 0) is 41.8 Å². The molecule has 0 saturated heterocycles. The van der Waals surface area contributed by atoms with Crippen LogP contribution in [0.25, 0.3) is 69.8 Å². The predicted octanol–water partition coefficient (Wildman–Crippen LogP) is 8.13. The SMILES string of the molecule is [C-]#[N+]c1nc2c3ccccc3c3c(ccc4c3c3ccccc3n4-c3ccccc3)c2nc1[N+]#[C-]. The van der Waals surface area contributed by atoms with Gasteiger partial charge < -0.3 is 14.3 Å². The van der Waals surface area contributed by atoms with Crippen LogP contribution in [0.2, 0.25) is 0 Å². The van der Waals surface area contributed by atoms with E-state index in [1.165, 1.54) is 0 Å². The Morgan fingerprint density at radius 2 is 1.11 bits per heavy atom. The second kappa shape index (κ2) is 7.12. The van der Waals surface area contributed by atoms with Gasteiger partial charge in [0.1, 0.15) is 0 Å². The Kier molecular flexibility index (Phi) is 3.91. The molecule has 0 aliphatic heterocycles. The summed E-state index contributed by atoms with van der Waals surface area (Å²) in [7, 11) is 0. The minimum absolute atomic E-state index is 0.0379. The average molecular weight is 445 g/mol. The van der Waals surface area contributed by atoms with Gasteiger partial charge in [-0.2, -0.15) is 0 Å². The van der Waals surface area contributed by atoms with Crippen LogP contribution in [0.1, 0.15) is 0 Å². The number of nitrogens with zero attached hydrogens (tertiary/aromatic N) is 5. The number of aromatic nitrogens is 3. The molecule has 0 bridgehead atoms. The monoisotopic (exact) mass is 445 g/mol. The van der Waals surface area contributed by atoms with Crippen LogP contribution in [0.5, 0.6) is 0 Å². The zero-order valence-corrected chi connectivity index (χ0v) is 18.4. The van der Waals surface area contributed by atoms with Crippen molar-refractivity contribution in [1.82, 2.24) is 14.5 Å². The molecule has 0 fully saturated rings. The standard InChI is InChI=1S/C30H15N5/c1-31-29-30(32-2)34-28-22-16-17-24-26(25(22)19-12-6-7-13-20(19)27(28)33-29)21-14-8-9-15-23(21)35(24)18-10-4-3-5-11-18/h3-17H. The van der Waals surface area contributed by atoms with E-state index in [0.29, 0.717) is 11.0 Å². The third kappa shape index (κ3) is 2.55. The summed E-state index contributed by atoms with van der Waals surface area (Å²) in [5, 5.41) is 6.27. The molecular weight excluding hydrogens is 430 g/mol. The number of rotatable bonds is 1. The second-order valence-electron chi connectivity index (χ2n) is 8.41.